The Labute approximate surface area is 439 Å². The van der Waals surface area contributed by atoms with Gasteiger partial charge < -0.3 is 14.0 Å². The fourth-order valence-electron chi connectivity index (χ4n) is 11.5. The van der Waals surface area contributed by atoms with Gasteiger partial charge in [0.25, 0.3) is 0 Å². The third kappa shape index (κ3) is 8.66. The lowest BCUT2D eigenvalue weighted by atomic mass is 9.86. The predicted molar refractivity (Wildman–Crippen MR) is 320 cm³/mol. The molecule has 12 aromatic rings. The van der Waals surface area contributed by atoms with Crippen LogP contribution in [-0.2, 0) is 0 Å². The minimum Gasteiger partial charge on any atom is -0.314 e. The summed E-state index contributed by atoms with van der Waals surface area (Å²) < 4.78 is 4.82. The lowest BCUT2D eigenvalue weighted by Crippen LogP contribution is -2.18. The fraction of sp³-hybridized carbons (Fsp3) is 0.0833. The maximum atomic E-state index is 2.45. The van der Waals surface area contributed by atoms with Crippen molar-refractivity contribution in [2.24, 2.45) is 0 Å². The Bertz CT molecular complexity index is 4220. The average molecular weight is 964 g/mol. The zero-order valence-corrected chi connectivity index (χ0v) is 42.5. The van der Waals surface area contributed by atoms with Crippen molar-refractivity contribution in [3.8, 4) is 22.5 Å². The summed E-state index contributed by atoms with van der Waals surface area (Å²) in [5.41, 5.74) is 21.7. The van der Waals surface area contributed by atoms with Crippen LogP contribution in [0, 0.1) is 13.8 Å². The molecule has 14 rings (SSSR count). The molecule has 0 unspecified atom stereocenters. The zero-order valence-electron chi connectivity index (χ0n) is 42.5. The Kier molecular flexibility index (Phi) is 12.0. The Morgan fingerprint density at radius 3 is 1.33 bits per heavy atom. The Balaban J connectivity index is 0.000000621. The molecule has 0 spiro atoms. The van der Waals surface area contributed by atoms with E-state index in [2.05, 4.69) is 289 Å². The molecule has 75 heavy (non-hydrogen) atoms. The molecule has 2 heterocycles. The molecule has 2 aliphatic carbocycles. The smallest absolute Gasteiger partial charge is 0.0541 e. The number of allylic oxidation sites excluding steroid dienone is 8. The van der Waals surface area contributed by atoms with Crippen molar-refractivity contribution in [3.63, 3.8) is 0 Å². The first-order valence-corrected chi connectivity index (χ1v) is 26.4. The summed E-state index contributed by atoms with van der Waals surface area (Å²) in [5, 5.41) is 7.59. The van der Waals surface area contributed by atoms with E-state index in [0.717, 1.165) is 25.7 Å². The quantitative estimate of drug-likeness (QED) is 0.148. The van der Waals surface area contributed by atoms with Crippen LogP contribution in [0.15, 0.2) is 278 Å². The summed E-state index contributed by atoms with van der Waals surface area (Å²) in [6, 6.07) is 86.0. The van der Waals surface area contributed by atoms with Crippen molar-refractivity contribution in [2.75, 3.05) is 4.90 Å². The second-order valence-electron chi connectivity index (χ2n) is 20.1. The van der Waals surface area contributed by atoms with Gasteiger partial charge in [-0.05, 0) is 192 Å². The van der Waals surface area contributed by atoms with E-state index in [1.165, 1.54) is 127 Å². The van der Waals surface area contributed by atoms with E-state index in [1.54, 1.807) is 0 Å². The van der Waals surface area contributed by atoms with Crippen LogP contribution in [0.25, 0.3) is 82.5 Å². The minimum absolute atomic E-state index is 0.983. The monoisotopic (exact) mass is 963 g/mol. The molecule has 360 valence electrons. The first-order valence-electron chi connectivity index (χ1n) is 26.4. The fourth-order valence-corrected chi connectivity index (χ4v) is 11.5. The Hall–Kier alpha value is -9.18. The summed E-state index contributed by atoms with van der Waals surface area (Å²) in [7, 11) is 0. The van der Waals surface area contributed by atoms with Crippen LogP contribution in [0.3, 0.4) is 0 Å². The topological polar surface area (TPSA) is 13.1 Å². The molecule has 0 atom stereocenters. The van der Waals surface area contributed by atoms with E-state index in [0.29, 0.717) is 0 Å². The van der Waals surface area contributed by atoms with Gasteiger partial charge in [0.2, 0.25) is 0 Å². The first-order chi connectivity index (χ1) is 37.0. The number of benzene rings is 10. The summed E-state index contributed by atoms with van der Waals surface area (Å²) in [4.78, 5) is 2.44. The lowest BCUT2D eigenvalue weighted by Gasteiger charge is -2.30. The molecule has 2 aliphatic rings. The summed E-state index contributed by atoms with van der Waals surface area (Å²) in [6.45, 7) is 4.24. The minimum atomic E-state index is 0.983. The molecule has 0 N–H and O–H groups in total. The maximum Gasteiger partial charge on any atom is 0.0541 e. The SMILES string of the molecule is C1=C(C2=CC=C(N(c3ccccc3)c3ccc4ccccc4c3)CC2)CCC(c2ccc3c(c2)c2cc(-c4ccc5c(c4)c4ccccc4n5-c4ccccc4)ccc2n3-c2ccccc2)=C1.Cc1ccccc1C. The normalized spacial score (nSPS) is 13.6. The van der Waals surface area contributed by atoms with Crippen molar-refractivity contribution in [3.05, 3.63) is 294 Å². The molecule has 0 radical (unpaired) electrons. The molecule has 0 fully saturated rings. The van der Waals surface area contributed by atoms with Gasteiger partial charge >= 0.3 is 0 Å². The summed E-state index contributed by atoms with van der Waals surface area (Å²) in [6.07, 6.45) is 13.6. The molecular weight excluding hydrogens is 907 g/mol. The number of nitrogens with zero attached hydrogens (tertiary/aromatic N) is 3. The number of aryl methyl sites for hydroxylation is 2. The van der Waals surface area contributed by atoms with Gasteiger partial charge in [-0.25, -0.2) is 0 Å². The van der Waals surface area contributed by atoms with Gasteiger partial charge in [-0.15, -0.1) is 0 Å². The van der Waals surface area contributed by atoms with Gasteiger partial charge in [0.15, 0.2) is 0 Å². The van der Waals surface area contributed by atoms with Crippen LogP contribution in [0.1, 0.15) is 42.4 Å². The number of fused-ring (bicyclic) bond motifs is 7. The van der Waals surface area contributed by atoms with Gasteiger partial charge in [-0.3, -0.25) is 0 Å². The second kappa shape index (κ2) is 19.7. The molecule has 0 aliphatic heterocycles. The van der Waals surface area contributed by atoms with Crippen LogP contribution >= 0.6 is 0 Å². The standard InChI is InChI=1S/C64H47N3.C8H10/c1-4-16-52(17-5-1)65(56-36-30-44-14-10-11-15-48(44)40-56)55-34-28-46(29-35-55)45-24-26-47(27-25-45)49-31-37-63-59(41-49)60-43-51(33-39-64(60)67(63)54-20-8-3-9-21-54)50-32-38-62-58(42-50)57-22-12-13-23-61(57)66(62)53-18-6-2-7-19-53;1-7-5-3-4-6-8(7)2/h1-24,26,28,30-34,36-43H,25,27,29,35H2;3-6H,1-2H3. The van der Waals surface area contributed by atoms with Gasteiger partial charge in [-0.2, -0.15) is 0 Å². The Morgan fingerprint density at radius 2 is 0.760 bits per heavy atom. The zero-order chi connectivity index (χ0) is 50.2. The van der Waals surface area contributed by atoms with Gasteiger partial charge in [0, 0.05) is 50.0 Å². The van der Waals surface area contributed by atoms with Crippen molar-refractivity contribution in [1.82, 2.24) is 9.13 Å². The molecule has 0 saturated carbocycles. The van der Waals surface area contributed by atoms with E-state index in [9.17, 15) is 0 Å². The number of rotatable bonds is 8. The number of anilines is 2. The molecule has 3 nitrogen and oxygen atoms in total. The predicted octanol–water partition coefficient (Wildman–Crippen LogP) is 19.6. The molecule has 0 amide bonds. The van der Waals surface area contributed by atoms with E-state index in [4.69, 9.17) is 0 Å². The number of para-hydroxylation sites is 4. The van der Waals surface area contributed by atoms with Crippen molar-refractivity contribution >= 4 is 71.3 Å². The van der Waals surface area contributed by atoms with E-state index in [-0.39, 0.29) is 0 Å². The third-order valence-corrected chi connectivity index (χ3v) is 15.6. The molecule has 0 saturated heterocycles. The van der Waals surface area contributed by atoms with Gasteiger partial charge in [0.05, 0.1) is 22.1 Å². The third-order valence-electron chi connectivity index (χ3n) is 15.6. The summed E-state index contributed by atoms with van der Waals surface area (Å²) >= 11 is 0. The van der Waals surface area contributed by atoms with Crippen molar-refractivity contribution in [1.29, 1.82) is 0 Å². The molecule has 10 aromatic carbocycles. The Morgan fingerprint density at radius 1 is 0.307 bits per heavy atom. The average Bonchev–Trinajstić information content (AvgIpc) is 4.00. The van der Waals surface area contributed by atoms with Crippen molar-refractivity contribution < 1.29 is 0 Å². The van der Waals surface area contributed by atoms with Crippen molar-refractivity contribution in [2.45, 2.75) is 39.5 Å². The van der Waals surface area contributed by atoms with Crippen LogP contribution in [0.2, 0.25) is 0 Å². The number of aromatic nitrogens is 2. The highest BCUT2D eigenvalue weighted by atomic mass is 15.1. The number of hydrogen-bond acceptors (Lipinski definition) is 1. The summed E-state index contributed by atoms with van der Waals surface area (Å²) in [5.74, 6) is 0. The van der Waals surface area contributed by atoms with Crippen LogP contribution in [-0.4, -0.2) is 9.13 Å². The molecular formula is C72H57N3. The molecule has 0 bridgehead atoms. The van der Waals surface area contributed by atoms with E-state index in [1.807, 2.05) is 0 Å². The number of hydrogen-bond donors (Lipinski definition) is 0. The highest BCUT2D eigenvalue weighted by Crippen LogP contribution is 2.42. The largest absolute Gasteiger partial charge is 0.314 e. The van der Waals surface area contributed by atoms with E-state index < -0.39 is 0 Å². The lowest BCUT2D eigenvalue weighted by molar-refractivity contribution is 0.854. The molecule has 2 aromatic heterocycles. The van der Waals surface area contributed by atoms with Crippen LogP contribution in [0.5, 0.6) is 0 Å². The molecule has 3 heteroatoms. The second-order valence-corrected chi connectivity index (χ2v) is 20.1. The van der Waals surface area contributed by atoms with Crippen LogP contribution < -0.4 is 4.90 Å². The van der Waals surface area contributed by atoms with E-state index >= 15 is 0 Å². The maximum absolute atomic E-state index is 2.45. The van der Waals surface area contributed by atoms with Crippen LogP contribution in [0.4, 0.5) is 11.4 Å². The highest BCUT2D eigenvalue weighted by Gasteiger charge is 2.22. The van der Waals surface area contributed by atoms with Gasteiger partial charge in [-0.1, -0.05) is 164 Å². The first kappa shape index (κ1) is 45.7. The van der Waals surface area contributed by atoms with Gasteiger partial charge in [0.1, 0.15) is 0 Å². The highest BCUT2D eigenvalue weighted by molar-refractivity contribution is 6.13.